The van der Waals surface area contributed by atoms with Crippen molar-refractivity contribution < 1.29 is 0 Å². The molecule has 0 aromatic heterocycles. The summed E-state index contributed by atoms with van der Waals surface area (Å²) in [5, 5.41) is 3.69. The van der Waals surface area contributed by atoms with Gasteiger partial charge in [-0.3, -0.25) is 0 Å². The smallest absolute Gasteiger partial charge is 0.0170 e. The zero-order valence-electron chi connectivity index (χ0n) is 11.0. The van der Waals surface area contributed by atoms with Crippen LogP contribution in [0.4, 0.5) is 0 Å². The Labute approximate surface area is 101 Å². The molecule has 0 aromatic carbocycles. The van der Waals surface area contributed by atoms with Gasteiger partial charge in [-0.25, -0.2) is 0 Å². The number of hydrogen-bond donors (Lipinski definition) is 1. The summed E-state index contributed by atoms with van der Waals surface area (Å²) in [5.74, 6) is 1.60. The van der Waals surface area contributed by atoms with Crippen LogP contribution >= 0.6 is 0 Å². The molecule has 2 fully saturated rings. The topological polar surface area (TPSA) is 12.0 Å². The molecule has 0 atom stereocenters. The monoisotopic (exact) mass is 221 g/mol. The molecule has 2 aliphatic rings. The minimum atomic E-state index is 0.706. The van der Waals surface area contributed by atoms with E-state index in [4.69, 9.17) is 0 Å². The molecule has 0 saturated heterocycles. The molecule has 2 aliphatic carbocycles. The van der Waals surface area contributed by atoms with Gasteiger partial charge in [0.05, 0.1) is 0 Å². The van der Waals surface area contributed by atoms with E-state index in [0.29, 0.717) is 5.92 Å². The summed E-state index contributed by atoms with van der Waals surface area (Å²) in [5.41, 5.74) is 1.71. The van der Waals surface area contributed by atoms with Crippen LogP contribution in [0.25, 0.3) is 0 Å². The minimum Gasteiger partial charge on any atom is -0.310 e. The van der Waals surface area contributed by atoms with Crippen molar-refractivity contribution in [2.45, 2.75) is 64.8 Å². The second kappa shape index (κ2) is 5.86. The zero-order chi connectivity index (χ0) is 11.4. The van der Waals surface area contributed by atoms with Crippen LogP contribution in [0.15, 0.2) is 11.6 Å². The second-order valence-electron chi connectivity index (χ2n) is 5.98. The van der Waals surface area contributed by atoms with Crippen LogP contribution in [-0.4, -0.2) is 12.6 Å². The molecule has 16 heavy (non-hydrogen) atoms. The maximum absolute atomic E-state index is 3.69. The van der Waals surface area contributed by atoms with Crippen LogP contribution in [0.5, 0.6) is 0 Å². The van der Waals surface area contributed by atoms with Crippen molar-refractivity contribution in [3.8, 4) is 0 Å². The van der Waals surface area contributed by atoms with Gasteiger partial charge in [0.25, 0.3) is 0 Å². The van der Waals surface area contributed by atoms with E-state index in [9.17, 15) is 0 Å². The van der Waals surface area contributed by atoms with Crippen molar-refractivity contribution in [1.29, 1.82) is 0 Å². The van der Waals surface area contributed by atoms with Crippen LogP contribution in [-0.2, 0) is 0 Å². The molecule has 1 heteroatoms. The molecule has 0 radical (unpaired) electrons. The lowest BCUT2D eigenvalue weighted by atomic mass is 9.82. The molecule has 0 bridgehead atoms. The Morgan fingerprint density at radius 1 is 1.12 bits per heavy atom. The SMILES string of the molecule is CC(C)C=C(CNC1CC1)C1CCCCC1. The number of allylic oxidation sites excluding steroid dienone is 1. The van der Waals surface area contributed by atoms with E-state index >= 15 is 0 Å². The molecule has 1 N–H and O–H groups in total. The Balaban J connectivity index is 1.88. The van der Waals surface area contributed by atoms with Crippen molar-refractivity contribution >= 4 is 0 Å². The standard InChI is InChI=1S/C15H27N/c1-12(2)10-14(11-16-15-8-9-15)13-6-4-3-5-7-13/h10,12-13,15-16H,3-9,11H2,1-2H3. The van der Waals surface area contributed by atoms with Gasteiger partial charge in [0.2, 0.25) is 0 Å². The van der Waals surface area contributed by atoms with Gasteiger partial charge in [-0.05, 0) is 37.5 Å². The van der Waals surface area contributed by atoms with Gasteiger partial charge in [-0.15, -0.1) is 0 Å². The Hall–Kier alpha value is -0.300. The lowest BCUT2D eigenvalue weighted by Gasteiger charge is -2.25. The largest absolute Gasteiger partial charge is 0.310 e. The van der Waals surface area contributed by atoms with E-state index in [-0.39, 0.29) is 0 Å². The summed E-state index contributed by atoms with van der Waals surface area (Å²) >= 11 is 0. The van der Waals surface area contributed by atoms with Crippen molar-refractivity contribution in [2.75, 3.05) is 6.54 Å². The molecule has 2 saturated carbocycles. The van der Waals surface area contributed by atoms with E-state index in [2.05, 4.69) is 25.2 Å². The summed E-state index contributed by atoms with van der Waals surface area (Å²) in [6.45, 7) is 5.77. The molecule has 0 amide bonds. The van der Waals surface area contributed by atoms with Gasteiger partial charge >= 0.3 is 0 Å². The number of rotatable bonds is 5. The van der Waals surface area contributed by atoms with E-state index in [1.54, 1.807) is 5.57 Å². The van der Waals surface area contributed by atoms with Crippen molar-refractivity contribution in [3.05, 3.63) is 11.6 Å². The molecule has 0 spiro atoms. The molecular weight excluding hydrogens is 194 g/mol. The summed E-state index contributed by atoms with van der Waals surface area (Å²) in [4.78, 5) is 0. The Morgan fingerprint density at radius 3 is 2.38 bits per heavy atom. The van der Waals surface area contributed by atoms with Crippen LogP contribution < -0.4 is 5.32 Å². The molecular formula is C15H27N. The third kappa shape index (κ3) is 3.93. The molecule has 0 unspecified atom stereocenters. The maximum atomic E-state index is 3.69. The average molecular weight is 221 g/mol. The zero-order valence-corrected chi connectivity index (χ0v) is 11.0. The van der Waals surface area contributed by atoms with E-state index in [1.165, 1.54) is 44.9 Å². The lowest BCUT2D eigenvalue weighted by Crippen LogP contribution is -2.24. The lowest BCUT2D eigenvalue weighted by molar-refractivity contribution is 0.392. The van der Waals surface area contributed by atoms with E-state index < -0.39 is 0 Å². The quantitative estimate of drug-likeness (QED) is 0.694. The van der Waals surface area contributed by atoms with Crippen molar-refractivity contribution in [1.82, 2.24) is 5.32 Å². The highest BCUT2D eigenvalue weighted by Gasteiger charge is 2.23. The summed E-state index contributed by atoms with van der Waals surface area (Å²) in [7, 11) is 0. The van der Waals surface area contributed by atoms with Crippen LogP contribution in [0.2, 0.25) is 0 Å². The fourth-order valence-electron chi connectivity index (χ4n) is 2.79. The molecule has 2 rings (SSSR count). The van der Waals surface area contributed by atoms with Crippen LogP contribution in [0, 0.1) is 11.8 Å². The second-order valence-corrected chi connectivity index (χ2v) is 5.98. The van der Waals surface area contributed by atoms with Crippen LogP contribution in [0.3, 0.4) is 0 Å². The third-order valence-corrected chi connectivity index (χ3v) is 3.85. The first kappa shape index (κ1) is 12.2. The van der Waals surface area contributed by atoms with Crippen LogP contribution in [0.1, 0.15) is 58.8 Å². The highest BCUT2D eigenvalue weighted by atomic mass is 14.9. The summed E-state index contributed by atoms with van der Waals surface area (Å²) in [6, 6.07) is 0.846. The molecule has 0 aliphatic heterocycles. The predicted octanol–water partition coefficient (Wildman–Crippen LogP) is 3.90. The Kier molecular flexibility index (Phi) is 4.45. The van der Waals surface area contributed by atoms with Gasteiger partial charge < -0.3 is 5.32 Å². The molecule has 0 aromatic rings. The van der Waals surface area contributed by atoms with Gasteiger partial charge in [0.1, 0.15) is 0 Å². The van der Waals surface area contributed by atoms with Gasteiger partial charge in [0.15, 0.2) is 0 Å². The van der Waals surface area contributed by atoms with Crippen molar-refractivity contribution in [2.24, 2.45) is 11.8 Å². The van der Waals surface area contributed by atoms with Gasteiger partial charge in [-0.1, -0.05) is 44.8 Å². The predicted molar refractivity (Wildman–Crippen MR) is 70.5 cm³/mol. The molecule has 0 heterocycles. The fraction of sp³-hybridized carbons (Fsp3) is 0.867. The first-order valence-electron chi connectivity index (χ1n) is 7.19. The number of nitrogens with one attached hydrogen (secondary N) is 1. The molecule has 92 valence electrons. The first-order chi connectivity index (χ1) is 7.75. The molecule has 1 nitrogen and oxygen atoms in total. The first-order valence-corrected chi connectivity index (χ1v) is 7.19. The summed E-state index contributed by atoms with van der Waals surface area (Å²) < 4.78 is 0. The fourth-order valence-corrected chi connectivity index (χ4v) is 2.79. The highest BCUT2D eigenvalue weighted by Crippen LogP contribution is 2.30. The van der Waals surface area contributed by atoms with Gasteiger partial charge in [-0.2, -0.15) is 0 Å². The van der Waals surface area contributed by atoms with Crippen molar-refractivity contribution in [3.63, 3.8) is 0 Å². The minimum absolute atomic E-state index is 0.706. The highest BCUT2D eigenvalue weighted by molar-refractivity contribution is 5.11. The summed E-state index contributed by atoms with van der Waals surface area (Å²) in [6.07, 6.45) is 12.6. The normalized spacial score (nSPS) is 24.1. The Bertz CT molecular complexity index is 232. The van der Waals surface area contributed by atoms with E-state index in [0.717, 1.165) is 18.5 Å². The average Bonchev–Trinajstić information content (AvgIpc) is 3.09. The third-order valence-electron chi connectivity index (χ3n) is 3.85. The Morgan fingerprint density at radius 2 is 1.81 bits per heavy atom. The van der Waals surface area contributed by atoms with Gasteiger partial charge in [0, 0.05) is 12.6 Å². The number of hydrogen-bond acceptors (Lipinski definition) is 1. The van der Waals surface area contributed by atoms with E-state index in [1.807, 2.05) is 0 Å². The maximum Gasteiger partial charge on any atom is 0.0170 e.